The van der Waals surface area contributed by atoms with Crippen molar-refractivity contribution in [2.24, 2.45) is 0 Å². The lowest BCUT2D eigenvalue weighted by molar-refractivity contribution is 0.584. The van der Waals surface area contributed by atoms with E-state index in [1.165, 1.54) is 0 Å². The quantitative estimate of drug-likeness (QED) is 0.617. The first-order valence-electron chi connectivity index (χ1n) is 6.34. The third kappa shape index (κ3) is 6.35. The highest BCUT2D eigenvalue weighted by Gasteiger charge is 2.07. The van der Waals surface area contributed by atoms with Crippen LogP contribution in [0.4, 0.5) is 11.6 Å². The Morgan fingerprint density at radius 2 is 1.74 bits per heavy atom. The van der Waals surface area contributed by atoms with Gasteiger partial charge in [0, 0.05) is 19.6 Å². The first kappa shape index (κ1) is 15.6. The third-order valence-corrected chi connectivity index (χ3v) is 3.70. The lowest BCUT2D eigenvalue weighted by Gasteiger charge is -2.08. The van der Waals surface area contributed by atoms with Crippen molar-refractivity contribution >= 4 is 21.7 Å². The molecule has 1 heterocycles. The number of rotatable bonds is 9. The fourth-order valence-electron chi connectivity index (χ4n) is 1.39. The van der Waals surface area contributed by atoms with E-state index in [0.29, 0.717) is 24.7 Å². The highest BCUT2D eigenvalue weighted by Crippen LogP contribution is 2.06. The summed E-state index contributed by atoms with van der Waals surface area (Å²) in [7, 11) is -3.20. The monoisotopic (exact) mass is 287 g/mol. The lowest BCUT2D eigenvalue weighted by atomic mass is 10.5. The third-order valence-electron chi connectivity index (χ3n) is 2.23. The summed E-state index contributed by atoms with van der Waals surface area (Å²) in [6.45, 7) is 5.33. The van der Waals surface area contributed by atoms with Gasteiger partial charge in [-0.3, -0.25) is 4.98 Å². The van der Waals surface area contributed by atoms with Gasteiger partial charge in [0.15, 0.2) is 0 Å². The van der Waals surface area contributed by atoms with Crippen LogP contribution in [0.25, 0.3) is 0 Å². The molecule has 0 radical (unpaired) electrons. The first-order valence-corrected chi connectivity index (χ1v) is 7.99. The van der Waals surface area contributed by atoms with Gasteiger partial charge in [-0.15, -0.1) is 0 Å². The molecule has 1 aromatic heterocycles. The van der Waals surface area contributed by atoms with Crippen LogP contribution >= 0.6 is 0 Å². The van der Waals surface area contributed by atoms with Crippen molar-refractivity contribution in [1.82, 2.24) is 14.7 Å². The minimum Gasteiger partial charge on any atom is -0.369 e. The molecule has 19 heavy (non-hydrogen) atoms. The van der Waals surface area contributed by atoms with Crippen molar-refractivity contribution in [3.05, 3.63) is 12.4 Å². The topological polar surface area (TPSA) is 96.0 Å². The van der Waals surface area contributed by atoms with Gasteiger partial charge in [0.2, 0.25) is 10.0 Å². The molecule has 0 aliphatic heterocycles. The molecule has 3 N–H and O–H groups in total. The zero-order valence-corrected chi connectivity index (χ0v) is 12.1. The Balaban J connectivity index is 2.45. The second kappa shape index (κ2) is 7.90. The Hall–Kier alpha value is -1.41. The van der Waals surface area contributed by atoms with E-state index in [1.54, 1.807) is 19.3 Å². The Labute approximate surface area is 114 Å². The standard InChI is InChI=1S/C11H21N5O2S/c1-3-5-13-10-8-12-9-11(16-10)14-6-7-19(17,18)15-4-2/h8-9,15H,3-7H2,1-2H3,(H2,13,14,16). The molecule has 0 saturated heterocycles. The van der Waals surface area contributed by atoms with Gasteiger partial charge < -0.3 is 10.6 Å². The van der Waals surface area contributed by atoms with E-state index in [0.717, 1.165) is 13.0 Å². The maximum Gasteiger partial charge on any atom is 0.213 e. The van der Waals surface area contributed by atoms with Crippen LogP contribution in [0.5, 0.6) is 0 Å². The van der Waals surface area contributed by atoms with E-state index in [1.807, 2.05) is 0 Å². The lowest BCUT2D eigenvalue weighted by Crippen LogP contribution is -2.29. The second-order valence-corrected chi connectivity index (χ2v) is 5.89. The van der Waals surface area contributed by atoms with E-state index in [2.05, 4.69) is 32.2 Å². The molecule has 1 aromatic rings. The number of anilines is 2. The number of nitrogens with one attached hydrogen (secondary N) is 3. The van der Waals surface area contributed by atoms with Crippen molar-refractivity contribution < 1.29 is 8.42 Å². The average molecular weight is 287 g/mol. The number of sulfonamides is 1. The molecule has 0 saturated carbocycles. The van der Waals surface area contributed by atoms with Gasteiger partial charge in [-0.1, -0.05) is 13.8 Å². The molecular formula is C11H21N5O2S. The van der Waals surface area contributed by atoms with Gasteiger partial charge in [0.1, 0.15) is 11.6 Å². The summed E-state index contributed by atoms with van der Waals surface area (Å²) in [5.74, 6) is 1.25. The van der Waals surface area contributed by atoms with Gasteiger partial charge in [0.05, 0.1) is 18.1 Å². The van der Waals surface area contributed by atoms with Gasteiger partial charge in [0.25, 0.3) is 0 Å². The van der Waals surface area contributed by atoms with E-state index in [-0.39, 0.29) is 5.75 Å². The van der Waals surface area contributed by atoms with Crippen LogP contribution < -0.4 is 15.4 Å². The molecule has 0 aliphatic carbocycles. The fraction of sp³-hybridized carbons (Fsp3) is 0.636. The molecule has 0 aromatic carbocycles. The Morgan fingerprint density at radius 3 is 2.32 bits per heavy atom. The van der Waals surface area contributed by atoms with E-state index < -0.39 is 10.0 Å². The number of hydrogen-bond donors (Lipinski definition) is 3. The molecule has 0 bridgehead atoms. The van der Waals surface area contributed by atoms with Gasteiger partial charge in [-0.05, 0) is 6.42 Å². The average Bonchev–Trinajstić information content (AvgIpc) is 2.36. The normalized spacial score (nSPS) is 11.3. The first-order chi connectivity index (χ1) is 9.07. The van der Waals surface area contributed by atoms with Crippen molar-refractivity contribution in [3.8, 4) is 0 Å². The molecule has 7 nitrogen and oxygen atoms in total. The largest absolute Gasteiger partial charge is 0.369 e. The molecular weight excluding hydrogens is 266 g/mol. The van der Waals surface area contributed by atoms with E-state index in [9.17, 15) is 8.42 Å². The minimum atomic E-state index is -3.20. The molecule has 0 unspecified atom stereocenters. The smallest absolute Gasteiger partial charge is 0.213 e. The summed E-state index contributed by atoms with van der Waals surface area (Å²) in [5.41, 5.74) is 0. The zero-order valence-electron chi connectivity index (χ0n) is 11.3. The fourth-order valence-corrected chi connectivity index (χ4v) is 2.35. The Bertz CT molecular complexity index is 478. The summed E-state index contributed by atoms with van der Waals surface area (Å²) < 4.78 is 25.3. The Kier molecular flexibility index (Phi) is 6.51. The Morgan fingerprint density at radius 1 is 1.11 bits per heavy atom. The zero-order chi connectivity index (χ0) is 14.1. The maximum absolute atomic E-state index is 11.4. The molecule has 8 heteroatoms. The van der Waals surface area contributed by atoms with Crippen LogP contribution in [0.3, 0.4) is 0 Å². The number of nitrogens with zero attached hydrogens (tertiary/aromatic N) is 2. The van der Waals surface area contributed by atoms with E-state index in [4.69, 9.17) is 0 Å². The summed E-state index contributed by atoms with van der Waals surface area (Å²) in [5, 5.41) is 6.06. The molecule has 108 valence electrons. The van der Waals surface area contributed by atoms with E-state index >= 15 is 0 Å². The number of hydrogen-bond acceptors (Lipinski definition) is 6. The van der Waals surface area contributed by atoms with Crippen LogP contribution in [0.15, 0.2) is 12.4 Å². The summed E-state index contributed by atoms with van der Waals surface area (Å²) >= 11 is 0. The summed E-state index contributed by atoms with van der Waals surface area (Å²) in [6.07, 6.45) is 4.20. The second-order valence-electron chi connectivity index (χ2n) is 3.96. The molecule has 0 amide bonds. The SMILES string of the molecule is CCCNc1cncc(NCCS(=O)(=O)NCC)n1. The van der Waals surface area contributed by atoms with Gasteiger partial charge in [-0.25, -0.2) is 18.1 Å². The minimum absolute atomic E-state index is 0.00906. The molecule has 1 rings (SSSR count). The van der Waals surface area contributed by atoms with Crippen LogP contribution in [0.1, 0.15) is 20.3 Å². The van der Waals surface area contributed by atoms with Crippen molar-refractivity contribution in [3.63, 3.8) is 0 Å². The molecule has 0 fully saturated rings. The van der Waals surface area contributed by atoms with Crippen LogP contribution in [-0.2, 0) is 10.0 Å². The van der Waals surface area contributed by atoms with Crippen molar-refractivity contribution in [2.75, 3.05) is 36.0 Å². The van der Waals surface area contributed by atoms with Crippen LogP contribution in [0.2, 0.25) is 0 Å². The van der Waals surface area contributed by atoms with Gasteiger partial charge >= 0.3 is 0 Å². The number of aromatic nitrogens is 2. The summed E-state index contributed by atoms with van der Waals surface area (Å²) in [4.78, 5) is 8.31. The van der Waals surface area contributed by atoms with Crippen LogP contribution in [-0.4, -0.2) is 43.8 Å². The predicted octanol–water partition coefficient (Wildman–Crippen LogP) is 0.650. The van der Waals surface area contributed by atoms with Gasteiger partial charge in [-0.2, -0.15) is 0 Å². The maximum atomic E-state index is 11.4. The molecule has 0 atom stereocenters. The summed E-state index contributed by atoms with van der Waals surface area (Å²) in [6, 6.07) is 0. The van der Waals surface area contributed by atoms with Crippen molar-refractivity contribution in [2.45, 2.75) is 20.3 Å². The highest BCUT2D eigenvalue weighted by atomic mass is 32.2. The van der Waals surface area contributed by atoms with Crippen LogP contribution in [0, 0.1) is 0 Å². The highest BCUT2D eigenvalue weighted by molar-refractivity contribution is 7.89. The molecule has 0 spiro atoms. The predicted molar refractivity (Wildman–Crippen MR) is 76.8 cm³/mol. The molecule has 0 aliphatic rings. The van der Waals surface area contributed by atoms with Crippen molar-refractivity contribution in [1.29, 1.82) is 0 Å².